The zero-order chi connectivity index (χ0) is 14.8. The van der Waals surface area contributed by atoms with Gasteiger partial charge in [0.1, 0.15) is 5.75 Å². The Labute approximate surface area is 124 Å². The van der Waals surface area contributed by atoms with E-state index >= 15 is 0 Å². The Bertz CT molecular complexity index is 668. The summed E-state index contributed by atoms with van der Waals surface area (Å²) in [4.78, 5) is 14.6. The molecule has 0 bridgehead atoms. The first-order valence-corrected chi connectivity index (χ1v) is 7.04. The molecule has 3 rings (SSSR count). The van der Waals surface area contributed by atoms with Crippen molar-refractivity contribution in [1.82, 2.24) is 0 Å². The molecule has 2 aromatic carbocycles. The number of aryl methyl sites for hydroxylation is 1. The highest BCUT2D eigenvalue weighted by Crippen LogP contribution is 2.36. The molecule has 2 aromatic rings. The molecule has 0 fully saturated rings. The van der Waals surface area contributed by atoms with Crippen molar-refractivity contribution in [3.8, 4) is 5.75 Å². The first-order chi connectivity index (χ1) is 10.2. The number of fused-ring (bicyclic) bond motifs is 1. The number of anilines is 2. The summed E-state index contributed by atoms with van der Waals surface area (Å²) in [7, 11) is 1.63. The zero-order valence-electron chi connectivity index (χ0n) is 12.0. The maximum absolute atomic E-state index is 12.8. The van der Waals surface area contributed by atoms with Crippen molar-refractivity contribution in [3.63, 3.8) is 0 Å². The lowest BCUT2D eigenvalue weighted by Crippen LogP contribution is -2.35. The number of nitrogen functional groups attached to an aromatic ring is 1. The maximum Gasteiger partial charge on any atom is 0.258 e. The molecule has 0 aromatic heterocycles. The smallest absolute Gasteiger partial charge is 0.258 e. The summed E-state index contributed by atoms with van der Waals surface area (Å²) in [6.07, 6.45) is 1.92. The molecule has 108 valence electrons. The van der Waals surface area contributed by atoms with Gasteiger partial charge in [-0.25, -0.2) is 0 Å². The summed E-state index contributed by atoms with van der Waals surface area (Å²) in [6.45, 7) is 0.695. The highest BCUT2D eigenvalue weighted by atomic mass is 16.5. The molecule has 0 radical (unpaired) electrons. The lowest BCUT2D eigenvalue weighted by Gasteiger charge is -2.31. The van der Waals surface area contributed by atoms with Crippen LogP contribution in [-0.4, -0.2) is 19.6 Å². The molecule has 0 aliphatic carbocycles. The summed E-state index contributed by atoms with van der Waals surface area (Å²) in [6, 6.07) is 13.0. The minimum atomic E-state index is -0.0345. The van der Waals surface area contributed by atoms with Gasteiger partial charge in [0, 0.05) is 17.8 Å². The van der Waals surface area contributed by atoms with Gasteiger partial charge in [-0.2, -0.15) is 0 Å². The van der Waals surface area contributed by atoms with E-state index in [2.05, 4.69) is 6.07 Å². The summed E-state index contributed by atoms with van der Waals surface area (Å²) in [5, 5.41) is 0. The van der Waals surface area contributed by atoms with Crippen LogP contribution in [0.4, 0.5) is 11.4 Å². The van der Waals surface area contributed by atoms with Gasteiger partial charge in [-0.05, 0) is 42.7 Å². The summed E-state index contributed by atoms with van der Waals surface area (Å²) < 4.78 is 5.43. The molecule has 0 atom stereocenters. The Morgan fingerprint density at radius 3 is 2.81 bits per heavy atom. The van der Waals surface area contributed by atoms with Crippen LogP contribution in [0.3, 0.4) is 0 Å². The minimum Gasteiger partial charge on any atom is -0.495 e. The lowest BCUT2D eigenvalue weighted by atomic mass is 10.00. The average molecular weight is 282 g/mol. The molecule has 2 N–H and O–H groups in total. The van der Waals surface area contributed by atoms with Gasteiger partial charge in [-0.3, -0.25) is 4.79 Å². The summed E-state index contributed by atoms with van der Waals surface area (Å²) in [5.74, 6) is 0.706. The Kier molecular flexibility index (Phi) is 3.52. The van der Waals surface area contributed by atoms with E-state index in [0.717, 1.165) is 29.8 Å². The molecule has 0 spiro atoms. The third-order valence-corrected chi connectivity index (χ3v) is 3.78. The van der Waals surface area contributed by atoms with E-state index in [-0.39, 0.29) is 5.91 Å². The van der Waals surface area contributed by atoms with Crippen molar-refractivity contribution in [2.75, 3.05) is 24.3 Å². The normalized spacial score (nSPS) is 13.7. The molecule has 21 heavy (non-hydrogen) atoms. The largest absolute Gasteiger partial charge is 0.495 e. The number of carbonyl (C=O) groups is 1. The maximum atomic E-state index is 12.8. The fraction of sp³-hybridized carbons (Fsp3) is 0.235. The van der Waals surface area contributed by atoms with Gasteiger partial charge < -0.3 is 15.4 Å². The van der Waals surface area contributed by atoms with E-state index in [0.29, 0.717) is 17.8 Å². The number of benzene rings is 2. The van der Waals surface area contributed by atoms with Gasteiger partial charge in [0.15, 0.2) is 0 Å². The van der Waals surface area contributed by atoms with Crippen molar-refractivity contribution in [3.05, 3.63) is 53.6 Å². The molecule has 4 heteroatoms. The van der Waals surface area contributed by atoms with E-state index in [1.54, 1.807) is 36.3 Å². The van der Waals surface area contributed by atoms with Crippen LogP contribution in [0.1, 0.15) is 22.3 Å². The third kappa shape index (κ3) is 2.44. The highest BCUT2D eigenvalue weighted by Gasteiger charge is 2.26. The number of nitrogens with zero attached hydrogens (tertiary/aromatic N) is 1. The van der Waals surface area contributed by atoms with Crippen molar-refractivity contribution in [2.24, 2.45) is 0 Å². The van der Waals surface area contributed by atoms with E-state index in [4.69, 9.17) is 10.5 Å². The predicted molar refractivity (Wildman–Crippen MR) is 83.8 cm³/mol. The first kappa shape index (κ1) is 13.5. The van der Waals surface area contributed by atoms with Crippen LogP contribution in [0.15, 0.2) is 42.5 Å². The molecule has 1 aliphatic heterocycles. The molecule has 0 saturated heterocycles. The van der Waals surface area contributed by atoms with Gasteiger partial charge in [0.05, 0.1) is 12.8 Å². The van der Waals surface area contributed by atoms with Crippen LogP contribution in [-0.2, 0) is 6.42 Å². The van der Waals surface area contributed by atoms with Gasteiger partial charge in [0.2, 0.25) is 0 Å². The average Bonchev–Trinajstić information content (AvgIpc) is 2.53. The molecule has 1 amide bonds. The van der Waals surface area contributed by atoms with E-state index in [9.17, 15) is 4.79 Å². The number of nitrogens with two attached hydrogens (primary N) is 1. The fourth-order valence-corrected chi connectivity index (χ4v) is 2.81. The molecular formula is C17H18N2O2. The Morgan fingerprint density at radius 2 is 2.05 bits per heavy atom. The molecule has 1 aliphatic rings. The zero-order valence-corrected chi connectivity index (χ0v) is 12.0. The Morgan fingerprint density at radius 1 is 1.24 bits per heavy atom. The number of amides is 1. The van der Waals surface area contributed by atoms with Crippen molar-refractivity contribution < 1.29 is 9.53 Å². The monoisotopic (exact) mass is 282 g/mol. The fourth-order valence-electron chi connectivity index (χ4n) is 2.81. The number of hydrogen-bond donors (Lipinski definition) is 1. The predicted octanol–water partition coefficient (Wildman–Crippen LogP) is 2.87. The number of methoxy groups -OCH3 is 1. The van der Waals surface area contributed by atoms with Gasteiger partial charge in [-0.15, -0.1) is 0 Å². The topological polar surface area (TPSA) is 55.6 Å². The number of para-hydroxylation sites is 1. The van der Waals surface area contributed by atoms with E-state index in [1.807, 2.05) is 12.1 Å². The Hall–Kier alpha value is -2.49. The van der Waals surface area contributed by atoms with Gasteiger partial charge >= 0.3 is 0 Å². The van der Waals surface area contributed by atoms with Crippen LogP contribution >= 0.6 is 0 Å². The molecule has 0 unspecified atom stereocenters. The van der Waals surface area contributed by atoms with Crippen LogP contribution in [0.25, 0.3) is 0 Å². The SMILES string of the molecule is COc1cccc2c1N(C(=O)c1cccc(N)c1)CCC2. The number of hydrogen-bond acceptors (Lipinski definition) is 3. The van der Waals surface area contributed by atoms with E-state index < -0.39 is 0 Å². The van der Waals surface area contributed by atoms with Crippen molar-refractivity contribution in [2.45, 2.75) is 12.8 Å². The van der Waals surface area contributed by atoms with Crippen LogP contribution < -0.4 is 15.4 Å². The number of rotatable bonds is 2. The van der Waals surface area contributed by atoms with E-state index in [1.165, 1.54) is 0 Å². The van der Waals surface area contributed by atoms with Gasteiger partial charge in [-0.1, -0.05) is 18.2 Å². The third-order valence-electron chi connectivity index (χ3n) is 3.78. The number of carbonyl (C=O) groups excluding carboxylic acids is 1. The molecular weight excluding hydrogens is 264 g/mol. The van der Waals surface area contributed by atoms with Crippen molar-refractivity contribution >= 4 is 17.3 Å². The van der Waals surface area contributed by atoms with Crippen LogP contribution in [0.2, 0.25) is 0 Å². The lowest BCUT2D eigenvalue weighted by molar-refractivity contribution is 0.0984. The second-order valence-corrected chi connectivity index (χ2v) is 5.15. The molecule has 4 nitrogen and oxygen atoms in total. The summed E-state index contributed by atoms with van der Waals surface area (Å²) >= 11 is 0. The number of ether oxygens (including phenoxy) is 1. The highest BCUT2D eigenvalue weighted by molar-refractivity contribution is 6.08. The Balaban J connectivity index is 2.04. The van der Waals surface area contributed by atoms with Crippen LogP contribution in [0.5, 0.6) is 5.75 Å². The van der Waals surface area contributed by atoms with Crippen LogP contribution in [0, 0.1) is 0 Å². The van der Waals surface area contributed by atoms with Gasteiger partial charge in [0.25, 0.3) is 5.91 Å². The molecule has 1 heterocycles. The summed E-state index contributed by atoms with van der Waals surface area (Å²) in [5.41, 5.74) is 9.02. The quantitative estimate of drug-likeness (QED) is 0.862. The second kappa shape index (κ2) is 5.48. The standard InChI is InChI=1S/C17H18N2O2/c1-21-15-9-3-5-12-7-4-10-19(16(12)15)17(20)13-6-2-8-14(18)11-13/h2-3,5-6,8-9,11H,4,7,10,18H2,1H3. The molecule has 0 saturated carbocycles. The minimum absolute atomic E-state index is 0.0345. The second-order valence-electron chi connectivity index (χ2n) is 5.15. The van der Waals surface area contributed by atoms with Crippen molar-refractivity contribution in [1.29, 1.82) is 0 Å². The first-order valence-electron chi connectivity index (χ1n) is 7.04.